The minimum Gasteiger partial charge on any atom is -0.479 e. The van der Waals surface area contributed by atoms with Crippen LogP contribution in [0.3, 0.4) is 0 Å². The van der Waals surface area contributed by atoms with Crippen molar-refractivity contribution in [1.82, 2.24) is 5.32 Å². The van der Waals surface area contributed by atoms with Crippen molar-refractivity contribution in [3.05, 3.63) is 24.3 Å². The molecular weight excluding hydrogens is 314 g/mol. The molecule has 0 aliphatic heterocycles. The largest absolute Gasteiger partial charge is 0.479 e. The first-order chi connectivity index (χ1) is 11.1. The van der Waals surface area contributed by atoms with Crippen LogP contribution in [0, 0.1) is 5.92 Å². The topological polar surface area (TPSA) is 128 Å². The number of amides is 3. The van der Waals surface area contributed by atoms with E-state index in [2.05, 4.69) is 16.0 Å². The van der Waals surface area contributed by atoms with E-state index >= 15 is 0 Å². The number of rotatable bonds is 7. The molecule has 24 heavy (non-hydrogen) atoms. The van der Waals surface area contributed by atoms with Gasteiger partial charge in [0.25, 0.3) is 0 Å². The van der Waals surface area contributed by atoms with Crippen LogP contribution in [0.25, 0.3) is 0 Å². The first kappa shape index (κ1) is 19.4. The summed E-state index contributed by atoms with van der Waals surface area (Å²) in [4.78, 5) is 34.1. The van der Waals surface area contributed by atoms with E-state index in [0.29, 0.717) is 17.8 Å². The van der Waals surface area contributed by atoms with Crippen LogP contribution in [-0.2, 0) is 9.59 Å². The molecule has 0 bridgehead atoms. The standard InChI is InChI=1S/C16H23N3O5/c1-10(2)8-13(20)18-11-4-6-12(7-5-11)19-15(23)17-9-16(3,24)14(21)22/h4-7,10,24H,8-9H2,1-3H3,(H,18,20)(H,21,22)(H2,17,19,23). The summed E-state index contributed by atoms with van der Waals surface area (Å²) in [6.45, 7) is 4.56. The number of benzene rings is 1. The Balaban J connectivity index is 2.50. The Bertz CT molecular complexity index is 596. The van der Waals surface area contributed by atoms with E-state index in [4.69, 9.17) is 5.11 Å². The second-order valence-electron chi connectivity index (χ2n) is 6.11. The average molecular weight is 337 g/mol. The molecule has 0 aliphatic carbocycles. The molecule has 1 unspecified atom stereocenters. The number of carboxylic acid groups (broad SMARTS) is 1. The number of carbonyl (C=O) groups is 3. The number of aliphatic hydroxyl groups is 1. The fourth-order valence-electron chi connectivity index (χ4n) is 1.72. The molecule has 5 N–H and O–H groups in total. The first-order valence-electron chi connectivity index (χ1n) is 7.50. The van der Waals surface area contributed by atoms with Gasteiger partial charge >= 0.3 is 12.0 Å². The molecule has 8 heteroatoms. The molecule has 1 atom stereocenters. The molecule has 132 valence electrons. The third-order valence-corrected chi connectivity index (χ3v) is 3.07. The summed E-state index contributed by atoms with van der Waals surface area (Å²) >= 11 is 0. The van der Waals surface area contributed by atoms with Crippen LogP contribution in [-0.4, -0.2) is 40.3 Å². The lowest BCUT2D eigenvalue weighted by molar-refractivity contribution is -0.155. The Morgan fingerprint density at radius 3 is 2.04 bits per heavy atom. The lowest BCUT2D eigenvalue weighted by Gasteiger charge is -2.18. The molecule has 0 spiro atoms. The van der Waals surface area contributed by atoms with E-state index < -0.39 is 24.1 Å². The van der Waals surface area contributed by atoms with Crippen LogP contribution in [0.1, 0.15) is 27.2 Å². The Labute approximate surface area is 140 Å². The molecule has 0 radical (unpaired) electrons. The second-order valence-corrected chi connectivity index (χ2v) is 6.11. The maximum Gasteiger partial charge on any atom is 0.337 e. The monoisotopic (exact) mass is 337 g/mol. The molecule has 8 nitrogen and oxygen atoms in total. The van der Waals surface area contributed by atoms with Gasteiger partial charge in [0.2, 0.25) is 5.91 Å². The summed E-state index contributed by atoms with van der Waals surface area (Å²) in [5, 5.41) is 25.8. The van der Waals surface area contributed by atoms with Crippen molar-refractivity contribution in [2.75, 3.05) is 17.2 Å². The number of hydrogen-bond donors (Lipinski definition) is 5. The highest BCUT2D eigenvalue weighted by Gasteiger charge is 2.30. The summed E-state index contributed by atoms with van der Waals surface area (Å²) in [5.41, 5.74) is -0.966. The number of anilines is 2. The van der Waals surface area contributed by atoms with Gasteiger partial charge in [0.05, 0.1) is 6.54 Å². The van der Waals surface area contributed by atoms with E-state index in [-0.39, 0.29) is 11.8 Å². The maximum atomic E-state index is 11.7. The molecule has 0 aromatic heterocycles. The van der Waals surface area contributed by atoms with E-state index in [0.717, 1.165) is 6.92 Å². The lowest BCUT2D eigenvalue weighted by atomic mass is 10.1. The van der Waals surface area contributed by atoms with Gasteiger partial charge in [-0.25, -0.2) is 9.59 Å². The van der Waals surface area contributed by atoms with Gasteiger partial charge < -0.3 is 26.2 Å². The highest BCUT2D eigenvalue weighted by Crippen LogP contribution is 2.14. The molecular formula is C16H23N3O5. The number of carboxylic acids is 1. The average Bonchev–Trinajstić information content (AvgIpc) is 2.46. The zero-order chi connectivity index (χ0) is 18.3. The van der Waals surface area contributed by atoms with Gasteiger partial charge in [-0.15, -0.1) is 0 Å². The van der Waals surface area contributed by atoms with E-state index in [9.17, 15) is 19.5 Å². The molecule has 1 aromatic rings. The summed E-state index contributed by atoms with van der Waals surface area (Å²) in [6.07, 6.45) is 0.423. The predicted octanol–water partition coefficient (Wildman–Crippen LogP) is 1.63. The highest BCUT2D eigenvalue weighted by atomic mass is 16.4. The van der Waals surface area contributed by atoms with Crippen LogP contribution >= 0.6 is 0 Å². The third kappa shape index (κ3) is 6.66. The number of aliphatic carboxylic acids is 1. The van der Waals surface area contributed by atoms with Crippen molar-refractivity contribution in [2.24, 2.45) is 5.92 Å². The fraction of sp³-hybridized carbons (Fsp3) is 0.438. The lowest BCUT2D eigenvalue weighted by Crippen LogP contribution is -2.47. The number of nitrogens with one attached hydrogen (secondary N) is 3. The minimum atomic E-state index is -2.04. The summed E-state index contributed by atoms with van der Waals surface area (Å²) in [5.74, 6) is -1.25. The van der Waals surface area contributed by atoms with Gasteiger partial charge in [-0.2, -0.15) is 0 Å². The molecule has 0 aliphatic rings. The first-order valence-corrected chi connectivity index (χ1v) is 7.50. The van der Waals surface area contributed by atoms with Crippen molar-refractivity contribution in [2.45, 2.75) is 32.8 Å². The molecule has 1 rings (SSSR count). The second kappa shape index (κ2) is 8.30. The van der Waals surface area contributed by atoms with Crippen molar-refractivity contribution in [3.63, 3.8) is 0 Å². The van der Waals surface area contributed by atoms with Crippen molar-refractivity contribution >= 4 is 29.3 Å². The van der Waals surface area contributed by atoms with Crippen LogP contribution in [0.4, 0.5) is 16.2 Å². The Morgan fingerprint density at radius 2 is 1.58 bits per heavy atom. The van der Waals surface area contributed by atoms with Crippen LogP contribution in [0.5, 0.6) is 0 Å². The number of carbonyl (C=O) groups excluding carboxylic acids is 2. The van der Waals surface area contributed by atoms with Gasteiger partial charge in [-0.1, -0.05) is 13.8 Å². The SMILES string of the molecule is CC(C)CC(=O)Nc1ccc(NC(=O)NCC(C)(O)C(=O)O)cc1. The quantitative estimate of drug-likeness (QED) is 0.516. The van der Waals surface area contributed by atoms with Gasteiger partial charge in [0.15, 0.2) is 5.60 Å². The summed E-state index contributed by atoms with van der Waals surface area (Å²) in [6, 6.07) is 5.83. The molecule has 0 fully saturated rings. The van der Waals surface area contributed by atoms with Gasteiger partial charge in [-0.3, -0.25) is 4.79 Å². The predicted molar refractivity (Wildman–Crippen MR) is 89.8 cm³/mol. The smallest absolute Gasteiger partial charge is 0.337 e. The van der Waals surface area contributed by atoms with Gasteiger partial charge in [-0.05, 0) is 37.1 Å². The van der Waals surface area contributed by atoms with E-state index in [1.54, 1.807) is 24.3 Å². The third-order valence-electron chi connectivity index (χ3n) is 3.07. The maximum absolute atomic E-state index is 11.7. The van der Waals surface area contributed by atoms with Crippen LogP contribution in [0.15, 0.2) is 24.3 Å². The van der Waals surface area contributed by atoms with Crippen molar-refractivity contribution < 1.29 is 24.6 Å². The van der Waals surface area contributed by atoms with Gasteiger partial charge in [0.1, 0.15) is 0 Å². The van der Waals surface area contributed by atoms with Crippen LogP contribution in [0.2, 0.25) is 0 Å². The Morgan fingerprint density at radius 1 is 1.08 bits per heavy atom. The van der Waals surface area contributed by atoms with E-state index in [1.807, 2.05) is 13.8 Å². The molecule has 3 amide bonds. The zero-order valence-electron chi connectivity index (χ0n) is 13.9. The fourth-order valence-corrected chi connectivity index (χ4v) is 1.72. The highest BCUT2D eigenvalue weighted by molar-refractivity contribution is 5.92. The number of urea groups is 1. The zero-order valence-corrected chi connectivity index (χ0v) is 13.9. The Kier molecular flexibility index (Phi) is 6.72. The molecule has 0 saturated heterocycles. The van der Waals surface area contributed by atoms with E-state index in [1.165, 1.54) is 0 Å². The molecule has 1 aromatic carbocycles. The molecule has 0 saturated carbocycles. The van der Waals surface area contributed by atoms with Crippen molar-refractivity contribution in [1.29, 1.82) is 0 Å². The van der Waals surface area contributed by atoms with Gasteiger partial charge in [0, 0.05) is 17.8 Å². The van der Waals surface area contributed by atoms with Crippen molar-refractivity contribution in [3.8, 4) is 0 Å². The summed E-state index contributed by atoms with van der Waals surface area (Å²) in [7, 11) is 0. The molecule has 0 heterocycles. The normalized spacial score (nSPS) is 13.0. The summed E-state index contributed by atoms with van der Waals surface area (Å²) < 4.78 is 0. The number of hydrogen-bond acceptors (Lipinski definition) is 4. The Hall–Kier alpha value is -2.61. The van der Waals surface area contributed by atoms with Crippen LogP contribution < -0.4 is 16.0 Å². The minimum absolute atomic E-state index is 0.0839.